The first-order valence-electron chi connectivity index (χ1n) is 22.8. The molecule has 422 valence electrons. The van der Waals surface area contributed by atoms with Crippen LogP contribution in [0.1, 0.15) is 0 Å². The van der Waals surface area contributed by atoms with Gasteiger partial charge < -0.3 is 164 Å². The van der Waals surface area contributed by atoms with Crippen LogP contribution in [0.3, 0.4) is 0 Å². The molecule has 0 amide bonds. The fourth-order valence-corrected chi connectivity index (χ4v) is 8.99. The molecular formula is C39H68O33. The van der Waals surface area contributed by atoms with Crippen molar-refractivity contribution in [2.75, 3.05) is 52.9 Å². The number of aliphatic hydroxyl groups is 21. The van der Waals surface area contributed by atoms with Gasteiger partial charge in [0.25, 0.3) is 0 Å². The summed E-state index contributed by atoms with van der Waals surface area (Å²) >= 11 is 0. The van der Waals surface area contributed by atoms with Gasteiger partial charge in [-0.1, -0.05) is 0 Å². The highest BCUT2D eigenvalue weighted by Crippen LogP contribution is 2.38. The van der Waals surface area contributed by atoms with E-state index in [-0.39, 0.29) is 13.2 Å². The SMILES string of the molecule is OCC(O)CO.OC[C@H]1O[C@@H]2O[C@H]3[C@H](O)[C@@H](O)[C@@H](O[C@H]4[C@H](O)[C@@H](O)[C@@H](O[C@H]5[C@H](O)[C@@H](O)[C@@H](O[C@H]6[C@H](O)[C@@H](O)[C@@H](O[C@H]7[C@H](O)[C@@H](O)[C@@H](O[C@H]1[C@H](O)[C@H]2O)O[C@@H]7CO)O[C@@H]6CO)O[C@@H]5CO)O[C@@H]4CO)O[C@@H]3CO. The molecule has 22 fully saturated rings. The van der Waals surface area contributed by atoms with E-state index in [0.717, 1.165) is 0 Å². The van der Waals surface area contributed by atoms with Gasteiger partial charge in [-0.3, -0.25) is 0 Å². The van der Waals surface area contributed by atoms with Gasteiger partial charge in [0.2, 0.25) is 0 Å². The van der Waals surface area contributed by atoms with E-state index in [2.05, 4.69) is 0 Å². The average molecular weight is 1060 g/mol. The number of hydrogen-bond donors (Lipinski definition) is 21. The lowest BCUT2D eigenvalue weighted by Gasteiger charge is -2.50. The van der Waals surface area contributed by atoms with Crippen LogP contribution in [-0.2, 0) is 56.8 Å². The topological polar surface area (TPSA) is 536 Å². The zero-order valence-corrected chi connectivity index (χ0v) is 37.8. The minimum absolute atomic E-state index is 0.365. The lowest BCUT2D eigenvalue weighted by molar-refractivity contribution is -0.404. The van der Waals surface area contributed by atoms with E-state index in [9.17, 15) is 91.9 Å². The Hall–Kier alpha value is -1.32. The summed E-state index contributed by atoms with van der Waals surface area (Å²) in [7, 11) is 0. The molecule has 0 radical (unpaired) electrons. The fraction of sp³-hybridized carbons (Fsp3) is 1.00. The van der Waals surface area contributed by atoms with E-state index in [4.69, 9.17) is 72.2 Å². The van der Waals surface area contributed by atoms with Gasteiger partial charge in [0.15, 0.2) is 37.7 Å². The van der Waals surface area contributed by atoms with E-state index in [0.29, 0.717) is 0 Å². The molecule has 22 heterocycles. The molecule has 30 atom stereocenters. The largest absolute Gasteiger partial charge is 0.394 e. The monoisotopic (exact) mass is 1060 g/mol. The Kier molecular flexibility index (Phi) is 21.9. The molecule has 0 saturated carbocycles. The summed E-state index contributed by atoms with van der Waals surface area (Å²) in [6, 6.07) is 0. The van der Waals surface area contributed by atoms with Crippen LogP contribution in [0.25, 0.3) is 0 Å². The van der Waals surface area contributed by atoms with Crippen molar-refractivity contribution < 1.29 is 164 Å². The third-order valence-corrected chi connectivity index (χ3v) is 13.1. The molecule has 12 bridgehead atoms. The lowest BCUT2D eigenvalue weighted by Crippen LogP contribution is -2.69. The van der Waals surface area contributed by atoms with Gasteiger partial charge in [0.05, 0.1) is 52.9 Å². The van der Waals surface area contributed by atoms with Crippen LogP contribution in [0, 0.1) is 0 Å². The van der Waals surface area contributed by atoms with Gasteiger partial charge in [0, 0.05) is 0 Å². The van der Waals surface area contributed by atoms with Crippen LogP contribution in [0.2, 0.25) is 0 Å². The second kappa shape index (κ2) is 26.4. The molecular weight excluding hydrogens is 996 g/mol. The maximum absolute atomic E-state index is 11.2. The summed E-state index contributed by atoms with van der Waals surface area (Å²) in [5.41, 5.74) is 0. The molecule has 0 aliphatic carbocycles. The molecule has 33 heteroatoms. The normalized spacial score (nSPS) is 51.6. The molecule has 33 nitrogen and oxygen atoms in total. The first-order chi connectivity index (χ1) is 34.2. The minimum Gasteiger partial charge on any atom is -0.394 e. The standard InChI is InChI=1S/C36H60O30.C3H8O3/c37-1-7-25-13(43)19(49)31(55-7)62-26-8(2-38)57-33(21(51)15(26)45)64-28-10(4-40)59-35(23(53)17(28)47)66-30-12(6-42)60-36(24(54)18(30)48)65-29-11(5-41)58-34(22(52)16(29)46)63-27-9(3-39)56-32(61-25)20(50)14(27)44;4-1-3(6)2-5/h7-54H,1-6H2;3-6H,1-2H2/t7-,8-,9-,10-,11-,12-,13-,14-,15-,16-,17-,18-,19-,20-,21-,22-,23-,24-,25-,26-,27-,28-,29-,30-,31-,32-,33-,34-,35-,36-;/m1./s1. The lowest BCUT2D eigenvalue weighted by atomic mass is 9.94. The van der Waals surface area contributed by atoms with Crippen LogP contribution < -0.4 is 0 Å². The van der Waals surface area contributed by atoms with Gasteiger partial charge in [-0.05, 0) is 0 Å². The van der Waals surface area contributed by atoms with E-state index in [1.165, 1.54) is 0 Å². The number of hydrogen-bond acceptors (Lipinski definition) is 33. The van der Waals surface area contributed by atoms with Crippen LogP contribution in [0.5, 0.6) is 0 Å². The highest BCUT2D eigenvalue weighted by Gasteiger charge is 2.58. The molecule has 22 saturated heterocycles. The smallest absolute Gasteiger partial charge is 0.187 e. The van der Waals surface area contributed by atoms with E-state index < -0.39 is 230 Å². The Morgan fingerprint density at radius 2 is 0.361 bits per heavy atom. The van der Waals surface area contributed by atoms with Gasteiger partial charge in [-0.15, -0.1) is 0 Å². The molecule has 22 aliphatic heterocycles. The number of aliphatic hydroxyl groups excluding tert-OH is 21. The van der Waals surface area contributed by atoms with Crippen molar-refractivity contribution >= 4 is 0 Å². The Labute approximate surface area is 407 Å². The molecule has 22 rings (SSSR count). The Bertz CT molecular complexity index is 1320. The second-order valence-corrected chi connectivity index (χ2v) is 17.9. The number of rotatable bonds is 8. The highest BCUT2D eigenvalue weighted by atomic mass is 16.8. The predicted octanol–water partition coefficient (Wildman–Crippen LogP) is -14.7. The molecule has 0 unspecified atom stereocenters. The first kappa shape index (κ1) is 59.9. The van der Waals surface area contributed by atoms with Gasteiger partial charge in [-0.2, -0.15) is 0 Å². The van der Waals surface area contributed by atoms with E-state index >= 15 is 0 Å². The molecule has 21 N–H and O–H groups in total. The molecule has 0 aromatic heterocycles. The zero-order valence-electron chi connectivity index (χ0n) is 37.8. The summed E-state index contributed by atoms with van der Waals surface area (Å²) in [4.78, 5) is 0. The summed E-state index contributed by atoms with van der Waals surface area (Å²) < 4.78 is 67.9. The van der Waals surface area contributed by atoms with Gasteiger partial charge in [-0.25, -0.2) is 0 Å². The molecule has 0 spiro atoms. The predicted molar refractivity (Wildman–Crippen MR) is 216 cm³/mol. The summed E-state index contributed by atoms with van der Waals surface area (Å²) in [5.74, 6) is 0. The van der Waals surface area contributed by atoms with Crippen molar-refractivity contribution in [3.8, 4) is 0 Å². The van der Waals surface area contributed by atoms with Gasteiger partial charge in [0.1, 0.15) is 153 Å². The van der Waals surface area contributed by atoms with Crippen LogP contribution in [-0.4, -0.2) is 350 Å². The fourth-order valence-electron chi connectivity index (χ4n) is 8.99. The minimum atomic E-state index is -2.15. The quantitative estimate of drug-likeness (QED) is 0.107. The summed E-state index contributed by atoms with van der Waals surface area (Å²) in [5, 5.41) is 220. The van der Waals surface area contributed by atoms with Gasteiger partial charge >= 0.3 is 0 Å². The zero-order chi connectivity index (χ0) is 53.0. The van der Waals surface area contributed by atoms with E-state index in [1.54, 1.807) is 0 Å². The van der Waals surface area contributed by atoms with Crippen LogP contribution in [0.15, 0.2) is 0 Å². The van der Waals surface area contributed by atoms with Crippen molar-refractivity contribution in [1.29, 1.82) is 0 Å². The third kappa shape index (κ3) is 12.5. The molecule has 72 heavy (non-hydrogen) atoms. The molecule has 0 aromatic carbocycles. The second-order valence-electron chi connectivity index (χ2n) is 17.9. The van der Waals surface area contributed by atoms with Crippen LogP contribution in [0.4, 0.5) is 0 Å². The van der Waals surface area contributed by atoms with Crippen molar-refractivity contribution in [3.05, 3.63) is 0 Å². The Balaban J connectivity index is 0.00000133. The van der Waals surface area contributed by atoms with Crippen molar-refractivity contribution in [2.24, 2.45) is 0 Å². The summed E-state index contributed by atoms with van der Waals surface area (Å²) in [6.07, 6.45) is -59.4. The maximum Gasteiger partial charge on any atom is 0.187 e. The van der Waals surface area contributed by atoms with Crippen LogP contribution >= 0.6 is 0 Å². The maximum atomic E-state index is 11.2. The summed E-state index contributed by atoms with van der Waals surface area (Å²) in [6.45, 7) is -6.72. The van der Waals surface area contributed by atoms with E-state index in [1.807, 2.05) is 0 Å². The Morgan fingerprint density at radius 1 is 0.222 bits per heavy atom. The first-order valence-corrected chi connectivity index (χ1v) is 22.8. The molecule has 0 aromatic rings. The highest BCUT2D eigenvalue weighted by molar-refractivity contribution is 5.01. The average Bonchev–Trinajstić information content (AvgIpc) is 3.38. The van der Waals surface area contributed by atoms with Crippen molar-refractivity contribution in [1.82, 2.24) is 0 Å². The number of ether oxygens (including phenoxy) is 12. The third-order valence-electron chi connectivity index (χ3n) is 13.1. The van der Waals surface area contributed by atoms with Crippen molar-refractivity contribution in [3.63, 3.8) is 0 Å². The molecule has 22 aliphatic rings. The Morgan fingerprint density at radius 3 is 0.458 bits per heavy atom. The van der Waals surface area contributed by atoms with Crippen molar-refractivity contribution in [2.45, 2.75) is 190 Å².